The second-order valence-electron chi connectivity index (χ2n) is 2.92. The predicted molar refractivity (Wildman–Crippen MR) is 55.8 cm³/mol. The molecule has 0 fully saturated rings. The van der Waals surface area contributed by atoms with Crippen LogP contribution < -0.4 is 35.0 Å². The number of benzene rings is 1. The molecule has 0 saturated heterocycles. The van der Waals surface area contributed by atoms with Crippen molar-refractivity contribution in [3.63, 3.8) is 0 Å². The van der Waals surface area contributed by atoms with Crippen molar-refractivity contribution in [3.8, 4) is 0 Å². The van der Waals surface area contributed by atoms with Crippen LogP contribution in [0.3, 0.4) is 0 Å². The first-order valence-corrected chi connectivity index (χ1v) is 5.66. The molecule has 0 atom stereocenters. The molecule has 0 bridgehead atoms. The van der Waals surface area contributed by atoms with Crippen molar-refractivity contribution in [2.24, 2.45) is 5.10 Å². The quantitative estimate of drug-likeness (QED) is 0.273. The van der Waals surface area contributed by atoms with E-state index in [-0.39, 0.29) is 40.0 Å². The molecule has 0 radical (unpaired) electrons. The third kappa shape index (κ3) is 5.42. The molecule has 17 heavy (non-hydrogen) atoms. The van der Waals surface area contributed by atoms with Crippen LogP contribution in [0.15, 0.2) is 34.3 Å². The molecule has 1 N–H and O–H groups in total. The second kappa shape index (κ2) is 6.87. The van der Waals surface area contributed by atoms with E-state index >= 15 is 0 Å². The molecule has 1 amide bonds. The Hall–Kier alpha value is -0.730. The molecule has 0 aromatic heterocycles. The summed E-state index contributed by atoms with van der Waals surface area (Å²) in [4.78, 5) is 10.1. The van der Waals surface area contributed by atoms with E-state index < -0.39 is 16.0 Å². The van der Waals surface area contributed by atoms with E-state index in [2.05, 4.69) is 10.5 Å². The van der Waals surface area contributed by atoms with E-state index in [9.17, 15) is 17.8 Å². The zero-order valence-electron chi connectivity index (χ0n) is 9.38. The van der Waals surface area contributed by atoms with Gasteiger partial charge in [-0.1, -0.05) is 18.2 Å². The van der Waals surface area contributed by atoms with Crippen molar-refractivity contribution in [1.29, 1.82) is 0 Å². The van der Waals surface area contributed by atoms with E-state index in [1.54, 1.807) is 6.07 Å². The van der Waals surface area contributed by atoms with Crippen LogP contribution in [0.5, 0.6) is 0 Å². The molecule has 86 valence electrons. The van der Waals surface area contributed by atoms with Crippen molar-refractivity contribution < 1.29 is 47.3 Å². The van der Waals surface area contributed by atoms with Gasteiger partial charge < -0.3 is 4.55 Å². The number of hydrogen-bond acceptors (Lipinski definition) is 5. The minimum absolute atomic E-state index is 0. The molecule has 6 nitrogen and oxygen atoms in total. The normalized spacial score (nSPS) is 10.9. The average Bonchev–Trinajstić information content (AvgIpc) is 2.16. The Kier molecular flexibility index (Phi) is 6.58. The summed E-state index contributed by atoms with van der Waals surface area (Å²) in [6.07, 6.45) is 1.10. The molecule has 0 aliphatic rings. The Morgan fingerprint density at radius 1 is 1.41 bits per heavy atom. The maximum absolute atomic E-state index is 10.8. The smallest absolute Gasteiger partial charge is 0.744 e. The molecular formula is C9H9N2NaO4S. The standard InChI is InChI=1S/C9H10N2O4S.Na/c1-7(12)11-10-6-8-4-2-3-5-9(8)16(13,14)15;/h2-6H,1H3,(H,11,12)(H,13,14,15);/q;+1/p-1/b10-6+;. The zero-order valence-corrected chi connectivity index (χ0v) is 12.2. The fraction of sp³-hybridized carbons (Fsp3) is 0.111. The van der Waals surface area contributed by atoms with Gasteiger partial charge in [0.15, 0.2) is 0 Å². The third-order valence-corrected chi connectivity index (χ3v) is 2.52. The number of rotatable bonds is 3. The minimum atomic E-state index is -4.54. The monoisotopic (exact) mass is 264 g/mol. The Balaban J connectivity index is 0.00000256. The minimum Gasteiger partial charge on any atom is -0.744 e. The summed E-state index contributed by atoms with van der Waals surface area (Å²) in [6.45, 7) is 1.26. The number of carbonyl (C=O) groups excluding carboxylic acids is 1. The zero-order chi connectivity index (χ0) is 12.2. The predicted octanol–water partition coefficient (Wildman–Crippen LogP) is -2.94. The Morgan fingerprint density at radius 3 is 2.53 bits per heavy atom. The van der Waals surface area contributed by atoms with Crippen LogP contribution in [0.4, 0.5) is 0 Å². The van der Waals surface area contributed by atoms with Gasteiger partial charge in [-0.05, 0) is 6.07 Å². The second-order valence-corrected chi connectivity index (χ2v) is 4.27. The van der Waals surface area contributed by atoms with Gasteiger partial charge in [0.25, 0.3) is 0 Å². The molecule has 1 rings (SSSR count). The largest absolute Gasteiger partial charge is 1.00 e. The molecule has 0 aliphatic carbocycles. The van der Waals surface area contributed by atoms with E-state index in [1.165, 1.54) is 25.1 Å². The molecule has 8 heteroatoms. The topological polar surface area (TPSA) is 98.7 Å². The number of amides is 1. The number of hydrogen-bond donors (Lipinski definition) is 1. The van der Waals surface area contributed by atoms with Crippen molar-refractivity contribution in [2.45, 2.75) is 11.8 Å². The first-order valence-electron chi connectivity index (χ1n) is 4.26. The van der Waals surface area contributed by atoms with Crippen LogP contribution in [0.25, 0.3) is 0 Å². The van der Waals surface area contributed by atoms with Gasteiger partial charge in [0.05, 0.1) is 11.1 Å². The van der Waals surface area contributed by atoms with Gasteiger partial charge >= 0.3 is 29.6 Å². The SMILES string of the molecule is CC(=O)N/N=C/c1ccccc1S(=O)(=O)[O-].[Na+]. The van der Waals surface area contributed by atoms with Gasteiger partial charge in [-0.15, -0.1) is 0 Å². The fourth-order valence-electron chi connectivity index (χ4n) is 1.01. The van der Waals surface area contributed by atoms with E-state index in [0.29, 0.717) is 0 Å². The van der Waals surface area contributed by atoms with Crippen LogP contribution in [-0.4, -0.2) is 25.1 Å². The number of carbonyl (C=O) groups is 1. The first-order chi connectivity index (χ1) is 7.41. The van der Waals surface area contributed by atoms with Crippen molar-refractivity contribution in [2.75, 3.05) is 0 Å². The van der Waals surface area contributed by atoms with Crippen molar-refractivity contribution in [1.82, 2.24) is 5.43 Å². The van der Waals surface area contributed by atoms with Gasteiger partial charge in [-0.3, -0.25) is 4.79 Å². The van der Waals surface area contributed by atoms with Crippen LogP contribution in [-0.2, 0) is 14.9 Å². The van der Waals surface area contributed by atoms with Gasteiger partial charge in [-0.25, -0.2) is 13.8 Å². The first kappa shape index (κ1) is 16.3. The average molecular weight is 264 g/mol. The molecule has 0 unspecified atom stereocenters. The van der Waals surface area contributed by atoms with Crippen LogP contribution >= 0.6 is 0 Å². The molecule has 1 aromatic carbocycles. The Bertz CT molecular complexity index is 528. The summed E-state index contributed by atoms with van der Waals surface area (Å²) in [7, 11) is -4.54. The summed E-state index contributed by atoms with van der Waals surface area (Å²) in [5.41, 5.74) is 2.24. The van der Waals surface area contributed by atoms with Crippen molar-refractivity contribution in [3.05, 3.63) is 29.8 Å². The number of hydrazone groups is 1. The summed E-state index contributed by atoms with van der Waals surface area (Å²) < 4.78 is 32.5. The Labute approximate surface area is 121 Å². The molecule has 0 heterocycles. The maximum Gasteiger partial charge on any atom is 1.00 e. The van der Waals surface area contributed by atoms with Crippen LogP contribution in [0, 0.1) is 0 Å². The maximum atomic E-state index is 10.8. The van der Waals surface area contributed by atoms with E-state index in [1.807, 2.05) is 0 Å². The van der Waals surface area contributed by atoms with Gasteiger partial charge in [-0.2, -0.15) is 5.10 Å². The van der Waals surface area contributed by atoms with Gasteiger partial charge in [0, 0.05) is 12.5 Å². The summed E-state index contributed by atoms with van der Waals surface area (Å²) in [5.74, 6) is -0.390. The molecule has 0 aliphatic heterocycles. The van der Waals surface area contributed by atoms with Crippen LogP contribution in [0.2, 0.25) is 0 Å². The van der Waals surface area contributed by atoms with Crippen LogP contribution in [0.1, 0.15) is 12.5 Å². The van der Waals surface area contributed by atoms with E-state index in [0.717, 1.165) is 6.21 Å². The molecule has 1 aromatic rings. The van der Waals surface area contributed by atoms with Gasteiger partial charge in [0.2, 0.25) is 5.91 Å². The molecule has 0 spiro atoms. The molecule has 0 saturated carbocycles. The third-order valence-electron chi connectivity index (χ3n) is 1.61. The molecular weight excluding hydrogens is 255 g/mol. The van der Waals surface area contributed by atoms with E-state index in [4.69, 9.17) is 0 Å². The van der Waals surface area contributed by atoms with Gasteiger partial charge in [0.1, 0.15) is 10.1 Å². The Morgan fingerprint density at radius 2 is 2.00 bits per heavy atom. The fourth-order valence-corrected chi connectivity index (χ4v) is 1.66. The number of nitrogens with zero attached hydrogens (tertiary/aromatic N) is 1. The summed E-state index contributed by atoms with van der Waals surface area (Å²) >= 11 is 0. The summed E-state index contributed by atoms with van der Waals surface area (Å²) in [6, 6.07) is 5.58. The van der Waals surface area contributed by atoms with Crippen molar-refractivity contribution >= 4 is 22.2 Å². The summed E-state index contributed by atoms with van der Waals surface area (Å²) in [5, 5.41) is 3.49. The number of nitrogens with one attached hydrogen (secondary N) is 1.